The maximum atomic E-state index is 4.14. The van der Waals surface area contributed by atoms with Crippen molar-refractivity contribution in [2.24, 2.45) is 0 Å². The second kappa shape index (κ2) is 2.59. The van der Waals surface area contributed by atoms with Gasteiger partial charge in [0, 0.05) is 18.6 Å². The van der Waals surface area contributed by atoms with Gasteiger partial charge in [0.05, 0.1) is 11.7 Å². The van der Waals surface area contributed by atoms with Crippen LogP contribution < -0.4 is 0 Å². The molecule has 13 heavy (non-hydrogen) atoms. The summed E-state index contributed by atoms with van der Waals surface area (Å²) in [5.74, 6) is 0. The Kier molecular flexibility index (Phi) is 1.65. The van der Waals surface area contributed by atoms with E-state index in [1.807, 2.05) is 12.4 Å². The van der Waals surface area contributed by atoms with E-state index >= 15 is 0 Å². The molecule has 68 valence electrons. The van der Waals surface area contributed by atoms with Gasteiger partial charge in [0.25, 0.3) is 0 Å². The number of fused-ring (bicyclic) bond motifs is 1. The van der Waals surface area contributed by atoms with Crippen LogP contribution in [-0.4, -0.2) is 9.38 Å². The van der Waals surface area contributed by atoms with E-state index in [4.69, 9.17) is 0 Å². The fourth-order valence-electron chi connectivity index (χ4n) is 1.58. The number of rotatable bonds is 0. The Bertz CT molecular complexity index is 421. The zero-order valence-corrected chi connectivity index (χ0v) is 8.28. The van der Waals surface area contributed by atoms with Gasteiger partial charge in [-0.05, 0) is 17.0 Å². The summed E-state index contributed by atoms with van der Waals surface area (Å²) >= 11 is 0. The Labute approximate surface area is 78.2 Å². The summed E-state index contributed by atoms with van der Waals surface area (Å²) < 4.78 is 2.10. The maximum Gasteiger partial charge on any atom is 0.0671 e. The Hall–Kier alpha value is -1.31. The lowest BCUT2D eigenvalue weighted by Gasteiger charge is -2.17. The van der Waals surface area contributed by atoms with Gasteiger partial charge in [-0.3, -0.25) is 4.98 Å². The highest BCUT2D eigenvalue weighted by atomic mass is 14.9. The Morgan fingerprint density at radius 3 is 2.69 bits per heavy atom. The van der Waals surface area contributed by atoms with Gasteiger partial charge in [-0.2, -0.15) is 0 Å². The monoisotopic (exact) mass is 174 g/mol. The molecule has 0 bridgehead atoms. The minimum Gasteiger partial charge on any atom is -0.321 e. The highest BCUT2D eigenvalue weighted by Crippen LogP contribution is 2.26. The van der Waals surface area contributed by atoms with Crippen LogP contribution in [0.5, 0.6) is 0 Å². The summed E-state index contributed by atoms with van der Waals surface area (Å²) in [6, 6.07) is 2.16. The van der Waals surface area contributed by atoms with Crippen LogP contribution in [0, 0.1) is 0 Å². The molecule has 2 heteroatoms. The normalized spacial score (nSPS) is 12.2. The second-order valence-electron chi connectivity index (χ2n) is 4.35. The van der Waals surface area contributed by atoms with Gasteiger partial charge in [0.2, 0.25) is 0 Å². The summed E-state index contributed by atoms with van der Waals surface area (Å²) in [7, 11) is 0. The molecule has 0 aliphatic heterocycles. The van der Waals surface area contributed by atoms with E-state index in [0.717, 1.165) is 0 Å². The summed E-state index contributed by atoms with van der Waals surface area (Å²) in [5.41, 5.74) is 2.74. The number of aromatic nitrogens is 2. The lowest BCUT2D eigenvalue weighted by atomic mass is 9.88. The minimum absolute atomic E-state index is 0.192. The molecule has 0 N–H and O–H groups in total. The van der Waals surface area contributed by atoms with E-state index in [-0.39, 0.29) is 5.41 Å². The first-order valence-corrected chi connectivity index (χ1v) is 4.50. The van der Waals surface area contributed by atoms with E-state index in [1.54, 1.807) is 6.20 Å². The van der Waals surface area contributed by atoms with Crippen LogP contribution in [0.2, 0.25) is 0 Å². The van der Waals surface area contributed by atoms with Crippen molar-refractivity contribution < 1.29 is 0 Å². The lowest BCUT2D eigenvalue weighted by molar-refractivity contribution is 0.596. The smallest absolute Gasteiger partial charge is 0.0671 e. The molecule has 2 aromatic rings. The molecule has 0 aromatic carbocycles. The van der Waals surface area contributed by atoms with Crippen molar-refractivity contribution in [1.29, 1.82) is 0 Å². The van der Waals surface area contributed by atoms with Crippen LogP contribution in [0.1, 0.15) is 26.3 Å². The molecule has 2 heterocycles. The molecule has 0 unspecified atom stereocenters. The van der Waals surface area contributed by atoms with Crippen LogP contribution >= 0.6 is 0 Å². The van der Waals surface area contributed by atoms with Crippen molar-refractivity contribution in [2.45, 2.75) is 26.2 Å². The molecule has 0 amide bonds. The average Bonchev–Trinajstić information content (AvgIpc) is 2.45. The van der Waals surface area contributed by atoms with Gasteiger partial charge in [0.15, 0.2) is 0 Å². The van der Waals surface area contributed by atoms with Gasteiger partial charge in [-0.15, -0.1) is 0 Å². The van der Waals surface area contributed by atoms with Crippen molar-refractivity contribution in [2.75, 3.05) is 0 Å². The molecule has 0 fully saturated rings. The Balaban J connectivity index is 2.72. The quantitative estimate of drug-likeness (QED) is 0.600. The average molecular weight is 174 g/mol. The molecule has 2 aromatic heterocycles. The molecule has 0 radical (unpaired) electrons. The first-order valence-electron chi connectivity index (χ1n) is 4.50. The zero-order chi connectivity index (χ0) is 9.47. The van der Waals surface area contributed by atoms with E-state index in [2.05, 4.69) is 42.4 Å². The summed E-state index contributed by atoms with van der Waals surface area (Å²) in [6.07, 6.45) is 7.78. The molecule has 2 nitrogen and oxygen atoms in total. The Morgan fingerprint density at radius 2 is 2.00 bits per heavy atom. The molecule has 0 aliphatic carbocycles. The highest BCUT2D eigenvalue weighted by Gasteiger charge is 2.17. The van der Waals surface area contributed by atoms with Gasteiger partial charge in [0.1, 0.15) is 0 Å². The zero-order valence-electron chi connectivity index (χ0n) is 8.28. The van der Waals surface area contributed by atoms with Gasteiger partial charge in [-0.25, -0.2) is 0 Å². The highest BCUT2D eigenvalue weighted by molar-refractivity contribution is 5.56. The predicted octanol–water partition coefficient (Wildman–Crippen LogP) is 2.63. The Morgan fingerprint density at radius 1 is 1.23 bits per heavy atom. The molecular weight excluding hydrogens is 160 g/mol. The minimum atomic E-state index is 0.192. The first kappa shape index (κ1) is 8.30. The molecule has 0 aliphatic rings. The third-order valence-corrected chi connectivity index (χ3v) is 2.27. The summed E-state index contributed by atoms with van der Waals surface area (Å²) in [6.45, 7) is 6.65. The molecule has 0 saturated carbocycles. The van der Waals surface area contributed by atoms with Crippen molar-refractivity contribution >= 4 is 5.52 Å². The third-order valence-electron chi connectivity index (χ3n) is 2.27. The molecule has 0 spiro atoms. The van der Waals surface area contributed by atoms with E-state index in [0.29, 0.717) is 0 Å². The van der Waals surface area contributed by atoms with Crippen LogP contribution in [0.4, 0.5) is 0 Å². The van der Waals surface area contributed by atoms with Crippen LogP contribution in [0.15, 0.2) is 30.9 Å². The standard InChI is InChI=1S/C11H14N2/c1-11(2,3)9-4-6-13-7-5-12-8-10(9)13/h4-8H,1-3H3. The fourth-order valence-corrected chi connectivity index (χ4v) is 1.58. The number of hydrogen-bond donors (Lipinski definition) is 0. The van der Waals surface area contributed by atoms with Gasteiger partial charge in [-0.1, -0.05) is 20.8 Å². The van der Waals surface area contributed by atoms with Crippen molar-refractivity contribution in [3.63, 3.8) is 0 Å². The summed E-state index contributed by atoms with van der Waals surface area (Å²) in [5, 5.41) is 0. The number of hydrogen-bond acceptors (Lipinski definition) is 1. The van der Waals surface area contributed by atoms with Crippen molar-refractivity contribution in [3.8, 4) is 0 Å². The summed E-state index contributed by atoms with van der Waals surface area (Å²) in [4.78, 5) is 4.14. The first-order chi connectivity index (χ1) is 6.09. The van der Waals surface area contributed by atoms with Crippen LogP contribution in [0.25, 0.3) is 5.52 Å². The largest absolute Gasteiger partial charge is 0.321 e. The molecule has 0 atom stereocenters. The van der Waals surface area contributed by atoms with E-state index < -0.39 is 0 Å². The van der Waals surface area contributed by atoms with Crippen molar-refractivity contribution in [1.82, 2.24) is 9.38 Å². The molecular formula is C11H14N2. The third kappa shape index (κ3) is 1.32. The maximum absolute atomic E-state index is 4.14. The predicted molar refractivity (Wildman–Crippen MR) is 53.9 cm³/mol. The van der Waals surface area contributed by atoms with Gasteiger partial charge >= 0.3 is 0 Å². The second-order valence-corrected chi connectivity index (χ2v) is 4.35. The SMILES string of the molecule is CC(C)(C)c1ccn2ccncc12. The van der Waals surface area contributed by atoms with E-state index in [1.165, 1.54) is 11.1 Å². The lowest BCUT2D eigenvalue weighted by Crippen LogP contribution is -2.10. The fraction of sp³-hybridized carbons (Fsp3) is 0.364. The molecule has 0 saturated heterocycles. The van der Waals surface area contributed by atoms with Crippen molar-refractivity contribution in [3.05, 3.63) is 36.4 Å². The molecule has 2 rings (SSSR count). The van der Waals surface area contributed by atoms with Crippen LogP contribution in [0.3, 0.4) is 0 Å². The number of nitrogens with zero attached hydrogens (tertiary/aromatic N) is 2. The van der Waals surface area contributed by atoms with E-state index in [9.17, 15) is 0 Å². The van der Waals surface area contributed by atoms with Gasteiger partial charge < -0.3 is 4.40 Å². The topological polar surface area (TPSA) is 17.3 Å². The van der Waals surface area contributed by atoms with Crippen LogP contribution in [-0.2, 0) is 5.41 Å².